The van der Waals surface area contributed by atoms with Gasteiger partial charge in [0.2, 0.25) is 0 Å². The van der Waals surface area contributed by atoms with Crippen LogP contribution in [0, 0.1) is 17.3 Å². The molecule has 0 bridgehead atoms. The molecule has 3 nitrogen and oxygen atoms in total. The summed E-state index contributed by atoms with van der Waals surface area (Å²) < 4.78 is 0. The first-order chi connectivity index (χ1) is 10.4. The Kier molecular flexibility index (Phi) is 3.22. The van der Waals surface area contributed by atoms with Crippen LogP contribution in [-0.2, 0) is 0 Å². The first-order valence-electron chi connectivity index (χ1n) is 8.13. The van der Waals surface area contributed by atoms with E-state index in [4.69, 9.17) is 0 Å². The van der Waals surface area contributed by atoms with Crippen molar-refractivity contribution in [2.75, 3.05) is 0 Å². The number of aliphatic hydroxyl groups excluding tert-OH is 1. The molecule has 0 amide bonds. The van der Waals surface area contributed by atoms with Crippen LogP contribution in [0.1, 0.15) is 54.4 Å². The first kappa shape index (κ1) is 14.7. The highest BCUT2D eigenvalue weighted by molar-refractivity contribution is 9.10. The van der Waals surface area contributed by atoms with Gasteiger partial charge in [0.15, 0.2) is 5.78 Å². The third-order valence-electron chi connectivity index (χ3n) is 6.57. The fourth-order valence-corrected chi connectivity index (χ4v) is 6.33. The van der Waals surface area contributed by atoms with Crippen molar-refractivity contribution in [2.24, 2.45) is 17.3 Å². The first-order valence-corrected chi connectivity index (χ1v) is 9.04. The molecule has 2 fully saturated rings. The van der Waals surface area contributed by atoms with Gasteiger partial charge in [-0.1, -0.05) is 28.9 Å². The number of Topliss-reactive ketones (excluding diaryl/α,β-unsaturated/α-hetero) is 1. The second-order valence-corrected chi connectivity index (χ2v) is 8.45. The van der Waals surface area contributed by atoms with Crippen LogP contribution in [0.15, 0.2) is 18.2 Å². The Morgan fingerprint density at radius 3 is 2.82 bits per heavy atom. The fourth-order valence-electron chi connectivity index (χ4n) is 5.34. The number of hydrogen-bond donors (Lipinski definition) is 2. The molecule has 0 spiro atoms. The highest BCUT2D eigenvalue weighted by Crippen LogP contribution is 2.61. The van der Waals surface area contributed by atoms with Gasteiger partial charge in [0.05, 0.1) is 10.9 Å². The Morgan fingerprint density at radius 1 is 1.27 bits per heavy atom. The Hall–Kier alpha value is -0.870. The summed E-state index contributed by atoms with van der Waals surface area (Å²) in [5, 5.41) is 20.1. The number of halogens is 1. The number of carbonyl (C=O) groups excluding carboxylic acids is 1. The summed E-state index contributed by atoms with van der Waals surface area (Å²) in [4.78, 5) is 12.6. The summed E-state index contributed by atoms with van der Waals surface area (Å²) in [5.41, 5.74) is 1.71. The lowest BCUT2D eigenvalue weighted by Gasteiger charge is -2.51. The molecule has 4 heteroatoms. The van der Waals surface area contributed by atoms with E-state index in [9.17, 15) is 15.0 Å². The van der Waals surface area contributed by atoms with Crippen molar-refractivity contribution in [3.63, 3.8) is 0 Å². The zero-order chi connectivity index (χ0) is 15.6. The molecule has 0 aliphatic heterocycles. The van der Waals surface area contributed by atoms with Crippen LogP contribution >= 0.6 is 15.9 Å². The Labute approximate surface area is 138 Å². The second kappa shape index (κ2) is 4.81. The number of phenolic OH excluding ortho intramolecular Hbond substituents is 1. The highest BCUT2D eigenvalue weighted by Gasteiger charge is 2.57. The molecule has 3 aliphatic carbocycles. The minimum atomic E-state index is -0.241. The Bertz CT molecular complexity index is 643. The van der Waals surface area contributed by atoms with Gasteiger partial charge in [-0.2, -0.15) is 0 Å². The number of phenols is 1. The lowest BCUT2D eigenvalue weighted by molar-refractivity contribution is -0.0189. The van der Waals surface area contributed by atoms with Gasteiger partial charge < -0.3 is 10.2 Å². The number of ketones is 1. The van der Waals surface area contributed by atoms with Gasteiger partial charge >= 0.3 is 0 Å². The lowest BCUT2D eigenvalue weighted by atomic mass is 9.55. The number of benzene rings is 1. The molecule has 2 N–H and O–H groups in total. The molecule has 4 rings (SSSR count). The molecular weight excluding hydrogens is 344 g/mol. The average molecular weight is 365 g/mol. The van der Waals surface area contributed by atoms with Crippen LogP contribution in [0.25, 0.3) is 0 Å². The van der Waals surface area contributed by atoms with E-state index in [2.05, 4.69) is 22.9 Å². The highest BCUT2D eigenvalue weighted by atomic mass is 79.9. The predicted molar refractivity (Wildman–Crippen MR) is 87.5 cm³/mol. The smallest absolute Gasteiger partial charge is 0.177 e. The van der Waals surface area contributed by atoms with Crippen molar-refractivity contribution in [1.29, 1.82) is 0 Å². The van der Waals surface area contributed by atoms with E-state index in [1.165, 1.54) is 0 Å². The molecule has 0 heterocycles. The monoisotopic (exact) mass is 364 g/mol. The summed E-state index contributed by atoms with van der Waals surface area (Å²) in [6.45, 7) is 2.20. The maximum atomic E-state index is 12.8. The molecule has 0 aromatic heterocycles. The van der Waals surface area contributed by atoms with E-state index < -0.39 is 0 Å². The normalized spacial score (nSPS) is 43.4. The maximum Gasteiger partial charge on any atom is 0.177 e. The molecule has 118 valence electrons. The van der Waals surface area contributed by atoms with E-state index in [0.29, 0.717) is 17.4 Å². The number of aliphatic hydroxyl groups is 1. The van der Waals surface area contributed by atoms with Crippen LogP contribution in [-0.4, -0.2) is 26.9 Å². The zero-order valence-corrected chi connectivity index (χ0v) is 14.2. The maximum absolute atomic E-state index is 12.8. The molecule has 0 radical (unpaired) electrons. The van der Waals surface area contributed by atoms with Gasteiger partial charge in [0.1, 0.15) is 5.75 Å². The molecular formula is C18H21BrO3. The summed E-state index contributed by atoms with van der Waals surface area (Å²) >= 11 is 3.66. The van der Waals surface area contributed by atoms with Crippen LogP contribution in [0.4, 0.5) is 0 Å². The van der Waals surface area contributed by atoms with E-state index in [0.717, 1.165) is 31.2 Å². The van der Waals surface area contributed by atoms with Crippen molar-refractivity contribution < 1.29 is 15.0 Å². The number of rotatable bonds is 0. The summed E-state index contributed by atoms with van der Waals surface area (Å²) in [5.74, 6) is 1.22. The van der Waals surface area contributed by atoms with Gasteiger partial charge in [0, 0.05) is 5.56 Å². The number of alkyl halides is 1. The Balaban J connectivity index is 1.82. The van der Waals surface area contributed by atoms with Gasteiger partial charge in [-0.15, -0.1) is 0 Å². The quantitative estimate of drug-likeness (QED) is 0.691. The number of aromatic hydroxyl groups is 1. The van der Waals surface area contributed by atoms with Gasteiger partial charge in [-0.05, 0) is 66.5 Å². The largest absolute Gasteiger partial charge is 0.508 e. The molecule has 1 unspecified atom stereocenters. The molecule has 3 aliphatic rings. The van der Waals surface area contributed by atoms with E-state index in [1.54, 1.807) is 12.1 Å². The van der Waals surface area contributed by atoms with E-state index in [-0.39, 0.29) is 33.8 Å². The third kappa shape index (κ3) is 1.80. The molecule has 22 heavy (non-hydrogen) atoms. The van der Waals surface area contributed by atoms with Gasteiger partial charge in [-0.3, -0.25) is 4.79 Å². The standard InChI is InChI=1S/C18H21BrO3/c1-18-7-6-11-10-3-2-9(20)8-12(10)17(22)16(19)15(11)13(18)4-5-14(18)21/h2-3,8,11,13-16,20-21H,4-7H2,1H3/t11-,13+,14-,15-,16?,18+/m1/s1. The van der Waals surface area contributed by atoms with E-state index in [1.807, 2.05) is 6.07 Å². The second-order valence-electron chi connectivity index (χ2n) is 7.47. The van der Waals surface area contributed by atoms with E-state index >= 15 is 0 Å². The predicted octanol–water partition coefficient (Wildman–Crippen LogP) is 3.62. The number of fused-ring (bicyclic) bond motifs is 5. The lowest BCUT2D eigenvalue weighted by Crippen LogP contribution is -2.49. The van der Waals surface area contributed by atoms with Crippen LogP contribution < -0.4 is 0 Å². The average Bonchev–Trinajstić information content (AvgIpc) is 2.80. The minimum absolute atomic E-state index is 0.0537. The number of carbonyl (C=O) groups is 1. The van der Waals surface area contributed by atoms with Crippen LogP contribution in [0.5, 0.6) is 5.75 Å². The van der Waals surface area contributed by atoms with Crippen molar-refractivity contribution in [1.82, 2.24) is 0 Å². The van der Waals surface area contributed by atoms with Gasteiger partial charge in [0.25, 0.3) is 0 Å². The zero-order valence-electron chi connectivity index (χ0n) is 12.6. The van der Waals surface area contributed by atoms with Crippen LogP contribution in [0.2, 0.25) is 0 Å². The number of hydrogen-bond acceptors (Lipinski definition) is 3. The Morgan fingerprint density at radius 2 is 2.05 bits per heavy atom. The van der Waals surface area contributed by atoms with Gasteiger partial charge in [-0.25, -0.2) is 0 Å². The van der Waals surface area contributed by atoms with Crippen molar-refractivity contribution in [3.05, 3.63) is 29.3 Å². The SMILES string of the molecule is C[C@]12CC[C@@H]3c4ccc(O)cc4C(=O)C(Br)[C@H]3[C@@H]1CC[C@H]2O. The molecule has 0 saturated heterocycles. The summed E-state index contributed by atoms with van der Waals surface area (Å²) in [7, 11) is 0. The molecule has 1 aromatic rings. The molecule has 2 saturated carbocycles. The topological polar surface area (TPSA) is 57.5 Å². The van der Waals surface area contributed by atoms with Crippen molar-refractivity contribution >= 4 is 21.7 Å². The summed E-state index contributed by atoms with van der Waals surface area (Å²) in [6.07, 6.45) is 3.62. The minimum Gasteiger partial charge on any atom is -0.508 e. The summed E-state index contributed by atoms with van der Waals surface area (Å²) in [6, 6.07) is 5.22. The molecule has 1 aromatic carbocycles. The van der Waals surface area contributed by atoms with Crippen molar-refractivity contribution in [3.8, 4) is 5.75 Å². The van der Waals surface area contributed by atoms with Crippen LogP contribution in [0.3, 0.4) is 0 Å². The van der Waals surface area contributed by atoms with Crippen molar-refractivity contribution in [2.45, 2.75) is 49.5 Å². The fraction of sp³-hybridized carbons (Fsp3) is 0.611. The third-order valence-corrected chi connectivity index (χ3v) is 7.60. The molecule has 6 atom stereocenters.